The number of halogens is 1. The van der Waals surface area contributed by atoms with Gasteiger partial charge in [0.1, 0.15) is 0 Å². The zero-order valence-corrected chi connectivity index (χ0v) is 9.83. The van der Waals surface area contributed by atoms with Crippen LogP contribution in [0.4, 0.5) is 5.69 Å². The molecule has 1 aliphatic rings. The fourth-order valence-electron chi connectivity index (χ4n) is 1.73. The molecule has 0 aromatic heterocycles. The van der Waals surface area contributed by atoms with Crippen LogP contribution in [0, 0.1) is 0 Å². The zero-order valence-electron chi connectivity index (χ0n) is 9.07. The Labute approximate surface area is 95.5 Å². The van der Waals surface area contributed by atoms with Gasteiger partial charge in [0, 0.05) is 13.1 Å². The number of aliphatic hydroxyl groups is 1. The van der Waals surface area contributed by atoms with Crippen LogP contribution in [0.25, 0.3) is 0 Å². The summed E-state index contributed by atoms with van der Waals surface area (Å²) in [5.41, 5.74) is 1.93. The van der Waals surface area contributed by atoms with Gasteiger partial charge in [0.25, 0.3) is 0 Å². The average Bonchev–Trinajstić information content (AvgIpc) is 2.99. The van der Waals surface area contributed by atoms with Gasteiger partial charge in [-0.2, -0.15) is 0 Å². The number of benzene rings is 1. The van der Waals surface area contributed by atoms with Gasteiger partial charge >= 0.3 is 0 Å². The molecule has 1 N–H and O–H groups in total. The zero-order chi connectivity index (χ0) is 11.0. The summed E-state index contributed by atoms with van der Waals surface area (Å²) in [5.74, 6) is 0. The van der Waals surface area contributed by atoms with Crippen molar-refractivity contribution in [2.45, 2.75) is 31.9 Å². The normalized spacial score (nSPS) is 17.6. The Morgan fingerprint density at radius 2 is 2.13 bits per heavy atom. The van der Waals surface area contributed by atoms with E-state index in [9.17, 15) is 5.11 Å². The molecule has 1 aromatic carbocycles. The Morgan fingerprint density at radius 1 is 1.47 bits per heavy atom. The first-order valence-corrected chi connectivity index (χ1v) is 5.67. The van der Waals surface area contributed by atoms with E-state index in [2.05, 4.69) is 11.9 Å². The minimum atomic E-state index is -0.456. The van der Waals surface area contributed by atoms with Crippen LogP contribution in [0.5, 0.6) is 0 Å². The summed E-state index contributed by atoms with van der Waals surface area (Å²) in [7, 11) is 2.07. The number of anilines is 1. The van der Waals surface area contributed by atoms with Gasteiger partial charge in [-0.1, -0.05) is 17.7 Å². The van der Waals surface area contributed by atoms with Crippen molar-refractivity contribution in [2.75, 3.05) is 11.9 Å². The molecule has 0 bridgehead atoms. The molecule has 82 valence electrons. The van der Waals surface area contributed by atoms with Crippen molar-refractivity contribution in [2.24, 2.45) is 0 Å². The van der Waals surface area contributed by atoms with Crippen LogP contribution in [0.15, 0.2) is 18.2 Å². The predicted octanol–water partition coefficient (Wildman–Crippen LogP) is 2.99. The molecule has 0 radical (unpaired) electrons. The highest BCUT2D eigenvalue weighted by atomic mass is 35.5. The molecule has 1 aliphatic carbocycles. The third kappa shape index (κ3) is 2.27. The molecule has 2 nitrogen and oxygen atoms in total. The van der Waals surface area contributed by atoms with E-state index in [4.69, 9.17) is 11.6 Å². The van der Waals surface area contributed by atoms with E-state index >= 15 is 0 Å². The van der Waals surface area contributed by atoms with Gasteiger partial charge in [-0.15, -0.1) is 0 Å². The second kappa shape index (κ2) is 4.03. The highest BCUT2D eigenvalue weighted by molar-refractivity contribution is 6.33. The second-order valence-corrected chi connectivity index (χ2v) is 4.64. The molecular weight excluding hydrogens is 210 g/mol. The summed E-state index contributed by atoms with van der Waals surface area (Å²) < 4.78 is 0. The van der Waals surface area contributed by atoms with Crippen LogP contribution >= 0.6 is 11.6 Å². The van der Waals surface area contributed by atoms with Crippen LogP contribution in [0.3, 0.4) is 0 Å². The highest BCUT2D eigenvalue weighted by Crippen LogP contribution is 2.35. The molecule has 0 saturated heterocycles. The third-order valence-corrected chi connectivity index (χ3v) is 3.23. The highest BCUT2D eigenvalue weighted by Gasteiger charge is 2.27. The van der Waals surface area contributed by atoms with E-state index in [1.54, 1.807) is 6.92 Å². The minimum Gasteiger partial charge on any atom is -0.389 e. The summed E-state index contributed by atoms with van der Waals surface area (Å²) in [6, 6.07) is 6.42. The summed E-state index contributed by atoms with van der Waals surface area (Å²) >= 11 is 6.19. The van der Waals surface area contributed by atoms with E-state index in [1.165, 1.54) is 12.8 Å². The number of hydrogen-bond donors (Lipinski definition) is 1. The maximum absolute atomic E-state index is 9.43. The SMILES string of the molecule is C[C@H](O)c1ccc(N(C)C2CC2)c(Cl)c1. The van der Waals surface area contributed by atoms with Gasteiger partial charge < -0.3 is 10.0 Å². The summed E-state index contributed by atoms with van der Waals surface area (Å²) in [4.78, 5) is 2.22. The van der Waals surface area contributed by atoms with Gasteiger partial charge in [-0.3, -0.25) is 0 Å². The first-order chi connectivity index (χ1) is 7.09. The number of nitrogens with zero attached hydrogens (tertiary/aromatic N) is 1. The van der Waals surface area contributed by atoms with Gasteiger partial charge in [0.15, 0.2) is 0 Å². The van der Waals surface area contributed by atoms with Crippen molar-refractivity contribution in [1.82, 2.24) is 0 Å². The van der Waals surface area contributed by atoms with E-state index in [0.29, 0.717) is 6.04 Å². The van der Waals surface area contributed by atoms with Crippen LogP contribution in [-0.2, 0) is 0 Å². The molecule has 1 saturated carbocycles. The van der Waals surface area contributed by atoms with Crippen molar-refractivity contribution in [3.05, 3.63) is 28.8 Å². The van der Waals surface area contributed by atoms with Crippen LogP contribution in [0.2, 0.25) is 5.02 Å². The molecular formula is C12H16ClNO. The molecule has 1 aromatic rings. The number of rotatable bonds is 3. The topological polar surface area (TPSA) is 23.5 Å². The molecule has 0 spiro atoms. The average molecular weight is 226 g/mol. The quantitative estimate of drug-likeness (QED) is 0.855. The predicted molar refractivity (Wildman–Crippen MR) is 63.5 cm³/mol. The van der Waals surface area contributed by atoms with Crippen molar-refractivity contribution in [3.8, 4) is 0 Å². The fraction of sp³-hybridized carbons (Fsp3) is 0.500. The maximum atomic E-state index is 9.43. The summed E-state index contributed by atoms with van der Waals surface area (Å²) in [6.45, 7) is 1.75. The number of aliphatic hydroxyl groups excluding tert-OH is 1. The molecule has 0 aliphatic heterocycles. The monoisotopic (exact) mass is 225 g/mol. The first-order valence-electron chi connectivity index (χ1n) is 5.30. The van der Waals surface area contributed by atoms with Gasteiger partial charge in [-0.05, 0) is 37.5 Å². The van der Waals surface area contributed by atoms with Gasteiger partial charge in [0.2, 0.25) is 0 Å². The lowest BCUT2D eigenvalue weighted by Crippen LogP contribution is -2.19. The minimum absolute atomic E-state index is 0.456. The second-order valence-electron chi connectivity index (χ2n) is 4.23. The molecule has 1 atom stereocenters. The summed E-state index contributed by atoms with van der Waals surface area (Å²) in [5, 5.41) is 10.2. The van der Waals surface area contributed by atoms with Crippen molar-refractivity contribution in [1.29, 1.82) is 0 Å². The molecule has 0 heterocycles. The Balaban J connectivity index is 2.25. The molecule has 0 unspecified atom stereocenters. The lowest BCUT2D eigenvalue weighted by molar-refractivity contribution is 0.199. The maximum Gasteiger partial charge on any atom is 0.0762 e. The van der Waals surface area contributed by atoms with Crippen LogP contribution in [0.1, 0.15) is 31.4 Å². The van der Waals surface area contributed by atoms with E-state index < -0.39 is 6.10 Å². The Morgan fingerprint density at radius 3 is 2.60 bits per heavy atom. The number of hydrogen-bond acceptors (Lipinski definition) is 2. The molecule has 3 heteroatoms. The van der Waals surface area contributed by atoms with Crippen LogP contribution < -0.4 is 4.90 Å². The smallest absolute Gasteiger partial charge is 0.0762 e. The molecule has 0 amide bonds. The third-order valence-electron chi connectivity index (χ3n) is 2.93. The van der Waals surface area contributed by atoms with Crippen molar-refractivity contribution < 1.29 is 5.11 Å². The summed E-state index contributed by atoms with van der Waals surface area (Å²) in [6.07, 6.45) is 2.05. The largest absolute Gasteiger partial charge is 0.389 e. The van der Waals surface area contributed by atoms with E-state index in [0.717, 1.165) is 16.3 Å². The van der Waals surface area contributed by atoms with Crippen LogP contribution in [-0.4, -0.2) is 18.2 Å². The molecule has 2 rings (SSSR count). The van der Waals surface area contributed by atoms with Crippen molar-refractivity contribution in [3.63, 3.8) is 0 Å². The Kier molecular flexibility index (Phi) is 2.89. The van der Waals surface area contributed by atoms with Crippen molar-refractivity contribution >= 4 is 17.3 Å². The Hall–Kier alpha value is -0.730. The Bertz CT molecular complexity index is 361. The lowest BCUT2D eigenvalue weighted by atomic mass is 10.1. The van der Waals surface area contributed by atoms with E-state index in [-0.39, 0.29) is 0 Å². The van der Waals surface area contributed by atoms with Gasteiger partial charge in [-0.25, -0.2) is 0 Å². The first kappa shape index (κ1) is 10.8. The molecule has 1 fully saturated rings. The fourth-order valence-corrected chi connectivity index (χ4v) is 2.05. The lowest BCUT2D eigenvalue weighted by Gasteiger charge is -2.20. The van der Waals surface area contributed by atoms with Gasteiger partial charge in [0.05, 0.1) is 16.8 Å². The standard InChI is InChI=1S/C12H16ClNO/c1-8(15)9-3-6-12(11(13)7-9)14(2)10-4-5-10/h3,6-8,10,15H,4-5H2,1-2H3/t8-/m0/s1. The van der Waals surface area contributed by atoms with E-state index in [1.807, 2.05) is 18.2 Å². The molecule has 15 heavy (non-hydrogen) atoms.